The van der Waals surface area contributed by atoms with E-state index in [1.54, 1.807) is 19.5 Å². The SMILES string of the molecule is COCC1CN(C)C(=O)[C@H]2CCN(C(=O)CCc3cncnc3)CC[C@@H]12. The molecule has 0 aliphatic carbocycles. The molecule has 1 aromatic heterocycles. The molecule has 0 bridgehead atoms. The second kappa shape index (κ2) is 8.58. The van der Waals surface area contributed by atoms with Gasteiger partial charge in [-0.05, 0) is 30.7 Å². The van der Waals surface area contributed by atoms with Gasteiger partial charge in [-0.15, -0.1) is 0 Å². The van der Waals surface area contributed by atoms with Gasteiger partial charge in [-0.3, -0.25) is 9.59 Å². The molecule has 2 amide bonds. The predicted octanol–water partition coefficient (Wildman–Crippen LogP) is 0.999. The van der Waals surface area contributed by atoms with Crippen LogP contribution in [0.1, 0.15) is 24.8 Å². The van der Waals surface area contributed by atoms with Crippen LogP contribution in [0.25, 0.3) is 0 Å². The summed E-state index contributed by atoms with van der Waals surface area (Å²) in [6.45, 7) is 2.80. The van der Waals surface area contributed by atoms with Crippen molar-refractivity contribution < 1.29 is 14.3 Å². The van der Waals surface area contributed by atoms with Crippen molar-refractivity contribution >= 4 is 11.8 Å². The lowest BCUT2D eigenvalue weighted by Crippen LogP contribution is -2.49. The monoisotopic (exact) mass is 360 g/mol. The zero-order valence-electron chi connectivity index (χ0n) is 15.6. The Morgan fingerprint density at radius 3 is 2.73 bits per heavy atom. The third-order valence-electron chi connectivity index (χ3n) is 5.74. The molecule has 0 saturated carbocycles. The van der Waals surface area contributed by atoms with Crippen LogP contribution in [0.4, 0.5) is 0 Å². The van der Waals surface area contributed by atoms with Crippen molar-refractivity contribution in [2.24, 2.45) is 17.8 Å². The minimum Gasteiger partial charge on any atom is -0.384 e. The summed E-state index contributed by atoms with van der Waals surface area (Å²) in [5.41, 5.74) is 0.973. The molecule has 2 fully saturated rings. The molecule has 1 unspecified atom stereocenters. The van der Waals surface area contributed by atoms with Gasteiger partial charge in [0.2, 0.25) is 11.8 Å². The molecule has 2 aliphatic heterocycles. The van der Waals surface area contributed by atoms with Crippen molar-refractivity contribution in [2.45, 2.75) is 25.7 Å². The summed E-state index contributed by atoms with van der Waals surface area (Å²) in [6.07, 6.45) is 7.72. The van der Waals surface area contributed by atoms with E-state index in [1.807, 2.05) is 16.8 Å². The van der Waals surface area contributed by atoms with Gasteiger partial charge in [0.05, 0.1) is 6.61 Å². The largest absolute Gasteiger partial charge is 0.384 e. The van der Waals surface area contributed by atoms with Crippen LogP contribution in [-0.2, 0) is 20.7 Å². The fraction of sp³-hybridized carbons (Fsp3) is 0.684. The first-order chi connectivity index (χ1) is 12.6. The maximum Gasteiger partial charge on any atom is 0.225 e. The number of amides is 2. The lowest BCUT2D eigenvalue weighted by Gasteiger charge is -2.40. The molecule has 142 valence electrons. The molecule has 0 N–H and O–H groups in total. The average molecular weight is 360 g/mol. The molecular formula is C19H28N4O3. The van der Waals surface area contributed by atoms with E-state index in [-0.39, 0.29) is 17.7 Å². The number of aryl methyl sites for hydroxylation is 1. The fourth-order valence-corrected chi connectivity index (χ4v) is 4.37. The highest BCUT2D eigenvalue weighted by Gasteiger charge is 2.42. The number of carbonyl (C=O) groups is 2. The van der Waals surface area contributed by atoms with E-state index < -0.39 is 0 Å². The van der Waals surface area contributed by atoms with E-state index in [2.05, 4.69) is 9.97 Å². The molecule has 1 aromatic rings. The van der Waals surface area contributed by atoms with Crippen LogP contribution in [0.3, 0.4) is 0 Å². The van der Waals surface area contributed by atoms with Crippen molar-refractivity contribution in [1.82, 2.24) is 19.8 Å². The fourth-order valence-electron chi connectivity index (χ4n) is 4.37. The molecule has 7 heteroatoms. The van der Waals surface area contributed by atoms with Crippen LogP contribution in [0.15, 0.2) is 18.7 Å². The van der Waals surface area contributed by atoms with Gasteiger partial charge in [0.15, 0.2) is 0 Å². The van der Waals surface area contributed by atoms with Gasteiger partial charge in [0.25, 0.3) is 0 Å². The van der Waals surface area contributed by atoms with Crippen molar-refractivity contribution in [3.63, 3.8) is 0 Å². The molecule has 26 heavy (non-hydrogen) atoms. The normalized spacial score (nSPS) is 26.4. The number of hydrogen-bond acceptors (Lipinski definition) is 5. The molecule has 7 nitrogen and oxygen atoms in total. The summed E-state index contributed by atoms with van der Waals surface area (Å²) in [5, 5.41) is 0. The Balaban J connectivity index is 1.61. The average Bonchev–Trinajstić information content (AvgIpc) is 2.88. The topological polar surface area (TPSA) is 75.6 Å². The smallest absolute Gasteiger partial charge is 0.225 e. The van der Waals surface area contributed by atoms with Gasteiger partial charge in [-0.1, -0.05) is 0 Å². The highest BCUT2D eigenvalue weighted by molar-refractivity contribution is 5.80. The summed E-state index contributed by atoms with van der Waals surface area (Å²) >= 11 is 0. The molecule has 3 rings (SSSR count). The minimum absolute atomic E-state index is 0.00854. The zero-order valence-corrected chi connectivity index (χ0v) is 15.6. The van der Waals surface area contributed by atoms with Gasteiger partial charge >= 0.3 is 0 Å². The third kappa shape index (κ3) is 4.20. The number of rotatable bonds is 5. The quantitative estimate of drug-likeness (QED) is 0.783. The highest BCUT2D eigenvalue weighted by Crippen LogP contribution is 2.36. The molecule has 2 aliphatic rings. The summed E-state index contributed by atoms with van der Waals surface area (Å²) in [7, 11) is 3.59. The number of nitrogens with zero attached hydrogens (tertiary/aromatic N) is 4. The van der Waals surface area contributed by atoms with Gasteiger partial charge in [-0.25, -0.2) is 9.97 Å². The number of carbonyl (C=O) groups excluding carboxylic acids is 2. The van der Waals surface area contributed by atoms with Gasteiger partial charge < -0.3 is 14.5 Å². The van der Waals surface area contributed by atoms with E-state index in [0.717, 1.165) is 31.5 Å². The number of hydrogen-bond donors (Lipinski definition) is 0. The first kappa shape index (κ1) is 18.8. The first-order valence-corrected chi connectivity index (χ1v) is 9.35. The van der Waals surface area contributed by atoms with Crippen molar-refractivity contribution in [1.29, 1.82) is 0 Å². The standard InChI is InChI=1S/C19H28N4O3/c1-22-11-15(12-26-2)16-5-7-23(8-6-17(16)19(22)25)18(24)4-3-14-9-20-13-21-10-14/h9-10,13,15-17H,3-8,11-12H2,1-2H3/t15?,16-,17-/m0/s1. The van der Waals surface area contributed by atoms with Crippen molar-refractivity contribution in [3.05, 3.63) is 24.3 Å². The lowest BCUT2D eigenvalue weighted by atomic mass is 9.75. The number of likely N-dealkylation sites (tertiary alicyclic amines) is 2. The number of piperidine rings is 1. The Labute approximate surface area is 154 Å². The highest BCUT2D eigenvalue weighted by atomic mass is 16.5. The molecule has 0 spiro atoms. The number of fused-ring (bicyclic) bond motifs is 1. The van der Waals surface area contributed by atoms with Gasteiger partial charge in [0.1, 0.15) is 6.33 Å². The maximum atomic E-state index is 12.6. The van der Waals surface area contributed by atoms with E-state index in [9.17, 15) is 9.59 Å². The van der Waals surface area contributed by atoms with E-state index in [0.29, 0.717) is 37.8 Å². The third-order valence-corrected chi connectivity index (χ3v) is 5.74. The Kier molecular flexibility index (Phi) is 6.19. The van der Waals surface area contributed by atoms with Crippen LogP contribution in [0.2, 0.25) is 0 Å². The van der Waals surface area contributed by atoms with Crippen LogP contribution in [-0.4, -0.2) is 72.0 Å². The van der Waals surface area contributed by atoms with Crippen LogP contribution in [0, 0.1) is 17.8 Å². The molecule has 0 aromatic carbocycles. The lowest BCUT2D eigenvalue weighted by molar-refractivity contribution is -0.144. The van der Waals surface area contributed by atoms with Crippen molar-refractivity contribution in [3.8, 4) is 0 Å². The van der Waals surface area contributed by atoms with Crippen molar-refractivity contribution in [2.75, 3.05) is 40.4 Å². The Morgan fingerprint density at radius 2 is 2.00 bits per heavy atom. The van der Waals surface area contributed by atoms with E-state index in [4.69, 9.17) is 4.74 Å². The second-order valence-electron chi connectivity index (χ2n) is 7.41. The second-order valence-corrected chi connectivity index (χ2v) is 7.41. The van der Waals surface area contributed by atoms with E-state index >= 15 is 0 Å². The predicted molar refractivity (Wildman–Crippen MR) is 96.2 cm³/mol. The first-order valence-electron chi connectivity index (χ1n) is 9.35. The molecule has 3 heterocycles. The van der Waals surface area contributed by atoms with Crippen LogP contribution < -0.4 is 0 Å². The van der Waals surface area contributed by atoms with Gasteiger partial charge in [0, 0.05) is 64.4 Å². The Hall–Kier alpha value is -2.02. The maximum absolute atomic E-state index is 12.6. The van der Waals surface area contributed by atoms with Gasteiger partial charge in [-0.2, -0.15) is 0 Å². The minimum atomic E-state index is 0.00854. The Morgan fingerprint density at radius 1 is 1.27 bits per heavy atom. The molecular weight excluding hydrogens is 332 g/mol. The summed E-state index contributed by atoms with van der Waals surface area (Å²) < 4.78 is 5.39. The summed E-state index contributed by atoms with van der Waals surface area (Å²) in [6, 6.07) is 0. The van der Waals surface area contributed by atoms with E-state index in [1.165, 1.54) is 6.33 Å². The van der Waals surface area contributed by atoms with Crippen LogP contribution >= 0.6 is 0 Å². The number of methoxy groups -OCH3 is 1. The summed E-state index contributed by atoms with van der Waals surface area (Å²) in [5.74, 6) is 1.03. The summed E-state index contributed by atoms with van der Waals surface area (Å²) in [4.78, 5) is 37.0. The number of ether oxygens (including phenoxy) is 1. The van der Waals surface area contributed by atoms with Crippen LogP contribution in [0.5, 0.6) is 0 Å². The molecule has 3 atom stereocenters. The molecule has 2 saturated heterocycles. The zero-order chi connectivity index (χ0) is 18.5. The Bertz CT molecular complexity index is 624. The number of aromatic nitrogens is 2. The molecule has 0 radical (unpaired) electrons.